The molecule has 0 aliphatic carbocycles. The third-order valence-corrected chi connectivity index (χ3v) is 4.65. The molecule has 2 rings (SSSR count). The number of carbonyl (C=O) groups excluding carboxylic acids is 1. The van der Waals surface area contributed by atoms with Gasteiger partial charge in [0, 0.05) is 12.6 Å². The first-order chi connectivity index (χ1) is 13.0. The van der Waals surface area contributed by atoms with E-state index in [4.69, 9.17) is 4.74 Å². The Labute approximate surface area is 161 Å². The molecule has 146 valence electrons. The molecule has 0 heterocycles. The maximum Gasteiger partial charge on any atom is 0.260 e. The van der Waals surface area contributed by atoms with Crippen LogP contribution in [0.1, 0.15) is 26.3 Å². The Balaban J connectivity index is 1.93. The summed E-state index contributed by atoms with van der Waals surface area (Å²) in [4.78, 5) is 14.8. The average molecular weight is 372 g/mol. The fourth-order valence-corrected chi connectivity index (χ4v) is 3.09. The zero-order chi connectivity index (χ0) is 19.6. The lowest BCUT2D eigenvalue weighted by atomic mass is 10.0. The minimum Gasteiger partial charge on any atom is -0.481 e. The van der Waals surface area contributed by atoms with Crippen LogP contribution in [0, 0.1) is 5.82 Å². The van der Waals surface area contributed by atoms with Crippen LogP contribution < -0.4 is 10.1 Å². The molecule has 1 N–H and O–H groups in total. The fourth-order valence-electron chi connectivity index (χ4n) is 3.09. The van der Waals surface area contributed by atoms with Crippen LogP contribution in [0.2, 0.25) is 0 Å². The molecule has 4 nitrogen and oxygen atoms in total. The van der Waals surface area contributed by atoms with Gasteiger partial charge in [-0.2, -0.15) is 0 Å². The van der Waals surface area contributed by atoms with Crippen molar-refractivity contribution >= 4 is 5.91 Å². The third kappa shape index (κ3) is 6.68. The van der Waals surface area contributed by atoms with Crippen molar-refractivity contribution in [1.82, 2.24) is 10.2 Å². The molecule has 0 spiro atoms. The molecular weight excluding hydrogens is 343 g/mol. The second-order valence-electron chi connectivity index (χ2n) is 6.52. The SMILES string of the molecule is CCN(CC)C(CNC(=O)C(C)Oc1ccc(F)cc1)Cc1ccccc1. The smallest absolute Gasteiger partial charge is 0.260 e. The Morgan fingerprint density at radius 3 is 2.30 bits per heavy atom. The maximum absolute atomic E-state index is 13.0. The van der Waals surface area contributed by atoms with Crippen LogP contribution in [0.5, 0.6) is 5.75 Å². The first kappa shape index (κ1) is 20.9. The summed E-state index contributed by atoms with van der Waals surface area (Å²) in [5.74, 6) is -0.0318. The zero-order valence-corrected chi connectivity index (χ0v) is 16.3. The van der Waals surface area contributed by atoms with Crippen molar-refractivity contribution < 1.29 is 13.9 Å². The Kier molecular flexibility index (Phi) is 8.27. The third-order valence-electron chi connectivity index (χ3n) is 4.65. The van der Waals surface area contributed by atoms with Gasteiger partial charge >= 0.3 is 0 Å². The lowest BCUT2D eigenvalue weighted by Gasteiger charge is -2.30. The molecule has 0 radical (unpaired) electrons. The molecule has 0 aromatic heterocycles. The van der Waals surface area contributed by atoms with Crippen molar-refractivity contribution in [2.75, 3.05) is 19.6 Å². The van der Waals surface area contributed by atoms with Crippen LogP contribution in [0.4, 0.5) is 4.39 Å². The van der Waals surface area contributed by atoms with E-state index in [0.717, 1.165) is 19.5 Å². The number of hydrogen-bond acceptors (Lipinski definition) is 3. The summed E-state index contributed by atoms with van der Waals surface area (Å²) in [6.07, 6.45) is 0.222. The average Bonchev–Trinajstić information content (AvgIpc) is 2.69. The van der Waals surface area contributed by atoms with Gasteiger partial charge < -0.3 is 10.1 Å². The number of rotatable bonds is 10. The Morgan fingerprint density at radius 1 is 1.07 bits per heavy atom. The largest absolute Gasteiger partial charge is 0.481 e. The van der Waals surface area contributed by atoms with Crippen molar-refractivity contribution in [3.63, 3.8) is 0 Å². The molecule has 2 aromatic carbocycles. The number of amides is 1. The molecule has 2 aromatic rings. The molecule has 2 atom stereocenters. The highest BCUT2D eigenvalue weighted by atomic mass is 19.1. The van der Waals surface area contributed by atoms with Gasteiger partial charge in [0.1, 0.15) is 11.6 Å². The van der Waals surface area contributed by atoms with E-state index in [-0.39, 0.29) is 17.8 Å². The lowest BCUT2D eigenvalue weighted by molar-refractivity contribution is -0.127. The topological polar surface area (TPSA) is 41.6 Å². The molecular formula is C22H29FN2O2. The number of likely N-dealkylation sites (N-methyl/N-ethyl adjacent to an activating group) is 1. The van der Waals surface area contributed by atoms with Crippen molar-refractivity contribution in [2.24, 2.45) is 0 Å². The fraction of sp³-hybridized carbons (Fsp3) is 0.409. The van der Waals surface area contributed by atoms with Crippen LogP contribution in [0.3, 0.4) is 0 Å². The molecule has 0 fully saturated rings. The van der Waals surface area contributed by atoms with Gasteiger partial charge in [-0.1, -0.05) is 44.2 Å². The predicted molar refractivity (Wildman–Crippen MR) is 106 cm³/mol. The van der Waals surface area contributed by atoms with Crippen molar-refractivity contribution in [1.29, 1.82) is 0 Å². The number of carbonyl (C=O) groups is 1. The Morgan fingerprint density at radius 2 is 1.70 bits per heavy atom. The first-order valence-corrected chi connectivity index (χ1v) is 9.51. The molecule has 1 amide bonds. The molecule has 27 heavy (non-hydrogen) atoms. The highest BCUT2D eigenvalue weighted by molar-refractivity contribution is 5.80. The molecule has 0 saturated carbocycles. The van der Waals surface area contributed by atoms with Crippen molar-refractivity contribution in [3.05, 3.63) is 66.0 Å². The van der Waals surface area contributed by atoms with Gasteiger partial charge in [0.25, 0.3) is 5.91 Å². The van der Waals surface area contributed by atoms with Gasteiger partial charge in [-0.05, 0) is 56.3 Å². The van der Waals surface area contributed by atoms with E-state index >= 15 is 0 Å². The number of ether oxygens (including phenoxy) is 1. The summed E-state index contributed by atoms with van der Waals surface area (Å²) < 4.78 is 18.6. The molecule has 0 aliphatic rings. The lowest BCUT2D eigenvalue weighted by Crippen LogP contribution is -2.47. The zero-order valence-electron chi connectivity index (χ0n) is 16.3. The van der Waals surface area contributed by atoms with Crippen molar-refractivity contribution in [3.8, 4) is 5.75 Å². The maximum atomic E-state index is 13.0. The number of benzene rings is 2. The molecule has 0 saturated heterocycles. The monoisotopic (exact) mass is 372 g/mol. The van der Waals surface area contributed by atoms with E-state index < -0.39 is 6.10 Å². The standard InChI is InChI=1S/C22H29FN2O2/c1-4-25(5-2)20(15-18-9-7-6-8-10-18)16-24-22(26)17(3)27-21-13-11-19(23)12-14-21/h6-14,17,20H,4-5,15-16H2,1-3H3,(H,24,26). The van der Waals surface area contributed by atoms with Gasteiger partial charge in [0.2, 0.25) is 0 Å². The summed E-state index contributed by atoms with van der Waals surface area (Å²) in [7, 11) is 0. The second-order valence-corrected chi connectivity index (χ2v) is 6.52. The number of nitrogens with zero attached hydrogens (tertiary/aromatic N) is 1. The van der Waals surface area contributed by atoms with E-state index in [1.54, 1.807) is 6.92 Å². The van der Waals surface area contributed by atoms with Crippen molar-refractivity contribution in [2.45, 2.75) is 39.3 Å². The van der Waals surface area contributed by atoms with Gasteiger partial charge in [0.15, 0.2) is 6.10 Å². The van der Waals surface area contributed by atoms with Gasteiger partial charge in [-0.3, -0.25) is 9.69 Å². The minimum absolute atomic E-state index is 0.176. The summed E-state index contributed by atoms with van der Waals surface area (Å²) >= 11 is 0. The number of hydrogen-bond donors (Lipinski definition) is 1. The predicted octanol–water partition coefficient (Wildman–Crippen LogP) is 3.66. The van der Waals surface area contributed by atoms with E-state index in [0.29, 0.717) is 12.3 Å². The van der Waals surface area contributed by atoms with E-state index in [1.165, 1.54) is 29.8 Å². The van der Waals surface area contributed by atoms with E-state index in [2.05, 4.69) is 36.2 Å². The van der Waals surface area contributed by atoms with Crippen LogP contribution in [-0.2, 0) is 11.2 Å². The quantitative estimate of drug-likeness (QED) is 0.692. The van der Waals surface area contributed by atoms with Crippen LogP contribution in [0.15, 0.2) is 54.6 Å². The summed E-state index contributed by atoms with van der Waals surface area (Å²) in [5, 5.41) is 3.00. The molecule has 5 heteroatoms. The first-order valence-electron chi connectivity index (χ1n) is 9.51. The molecule has 0 aliphatic heterocycles. The Hall–Kier alpha value is -2.40. The highest BCUT2D eigenvalue weighted by Gasteiger charge is 2.20. The van der Waals surface area contributed by atoms with Crippen LogP contribution in [-0.4, -0.2) is 42.6 Å². The van der Waals surface area contributed by atoms with E-state index in [1.807, 2.05) is 18.2 Å². The summed E-state index contributed by atoms with van der Waals surface area (Å²) in [5.41, 5.74) is 1.25. The second kappa shape index (κ2) is 10.7. The van der Waals surface area contributed by atoms with E-state index in [9.17, 15) is 9.18 Å². The van der Waals surface area contributed by atoms with Crippen LogP contribution in [0.25, 0.3) is 0 Å². The molecule has 0 bridgehead atoms. The summed E-state index contributed by atoms with van der Waals surface area (Å²) in [6, 6.07) is 16.2. The minimum atomic E-state index is -0.649. The van der Waals surface area contributed by atoms with Gasteiger partial charge in [-0.15, -0.1) is 0 Å². The Bertz CT molecular complexity index is 687. The van der Waals surface area contributed by atoms with Gasteiger partial charge in [0.05, 0.1) is 0 Å². The van der Waals surface area contributed by atoms with Gasteiger partial charge in [-0.25, -0.2) is 4.39 Å². The molecule has 2 unspecified atom stereocenters. The van der Waals surface area contributed by atoms with Crippen LogP contribution >= 0.6 is 0 Å². The number of halogens is 1. The summed E-state index contributed by atoms with van der Waals surface area (Å²) in [6.45, 7) is 8.35. The number of nitrogens with one attached hydrogen (secondary N) is 1. The highest BCUT2D eigenvalue weighted by Crippen LogP contribution is 2.13. The normalized spacial score (nSPS) is 13.2.